The minimum Gasteiger partial charge on any atom is -0.593 e. The molecule has 2 saturated heterocycles. The number of amides is 1. The van der Waals surface area contributed by atoms with Crippen molar-refractivity contribution < 1.29 is 32.6 Å². The molecule has 2 aliphatic rings. The third kappa shape index (κ3) is 12.9. The highest BCUT2D eigenvalue weighted by molar-refractivity contribution is 7.90. The van der Waals surface area contributed by atoms with Crippen molar-refractivity contribution >= 4 is 44.6 Å². The van der Waals surface area contributed by atoms with Crippen molar-refractivity contribution in [3.05, 3.63) is 131 Å². The zero-order valence-electron chi connectivity index (χ0n) is 35.4. The second-order valence-electron chi connectivity index (χ2n) is 15.9. The van der Waals surface area contributed by atoms with Gasteiger partial charge in [-0.25, -0.2) is 18.3 Å². The van der Waals surface area contributed by atoms with Crippen LogP contribution in [0.5, 0.6) is 17.2 Å². The fourth-order valence-electron chi connectivity index (χ4n) is 7.67. The van der Waals surface area contributed by atoms with Crippen LogP contribution in [-0.4, -0.2) is 90.6 Å². The van der Waals surface area contributed by atoms with E-state index in [4.69, 9.17) is 25.8 Å². The summed E-state index contributed by atoms with van der Waals surface area (Å²) >= 11 is 6.20. The van der Waals surface area contributed by atoms with Crippen molar-refractivity contribution in [1.82, 2.24) is 19.7 Å². The molecule has 334 valence electrons. The lowest BCUT2D eigenvalue weighted by Gasteiger charge is -2.31. The highest BCUT2D eigenvalue weighted by Gasteiger charge is 2.27. The summed E-state index contributed by atoms with van der Waals surface area (Å²) in [5.41, 5.74) is 3.87. The second-order valence-corrected chi connectivity index (χ2v) is 18.0. The number of ether oxygens (including phenoxy) is 3. The Morgan fingerprint density at radius 3 is 2.41 bits per heavy atom. The zero-order valence-corrected chi connectivity index (χ0v) is 36.9. The third-order valence-corrected chi connectivity index (χ3v) is 12.7. The van der Waals surface area contributed by atoms with Crippen LogP contribution < -0.4 is 35.0 Å². The molecule has 0 spiro atoms. The summed E-state index contributed by atoms with van der Waals surface area (Å²) in [6, 6.07) is 31.3. The standard InChI is InChI=1S/C47H55ClN6O8S/c1-54(56,57)45-31-41(15-18-44(45)51-32-34-19-26-60-27-20-34)63(58,59)52-47(55)43-16-13-38(30-46(43)62-39-7-3-2-4-8-39)50-22-21-49-33-36-29-40(61-28-25-53-23-5-6-24-53)14-17-42(36)35-9-11-37(48)12-10-35/h2-4,7-18,29-31,34,49-51,56H,5-6,19-28,32-33H2,1H3,(H,52,55). The summed E-state index contributed by atoms with van der Waals surface area (Å²) in [5, 5.41) is 34.0. The predicted octanol–water partition coefficient (Wildman–Crippen LogP) is 8.26. The number of halogens is 1. The number of carbonyl (C=O) groups excluding carboxylic acids is 1. The molecule has 1 unspecified atom stereocenters. The van der Waals surface area contributed by atoms with Crippen LogP contribution in [0, 0.1) is 11.1 Å². The summed E-state index contributed by atoms with van der Waals surface area (Å²) in [4.78, 5) is 13.9. The van der Waals surface area contributed by atoms with Crippen LogP contribution in [0.2, 0.25) is 5.02 Å². The number of benzene rings is 5. The summed E-state index contributed by atoms with van der Waals surface area (Å²) in [6.07, 6.45) is 4.16. The van der Waals surface area contributed by atoms with Crippen molar-refractivity contribution in [2.24, 2.45) is 5.92 Å². The average molecular weight is 900 g/mol. The maximum Gasteiger partial charge on any atom is 0.268 e. The number of carbonyl (C=O) groups is 1. The Bertz CT molecular complexity index is 2410. The number of nitrogens with one attached hydrogen (secondary N) is 4. The Morgan fingerprint density at radius 1 is 0.905 bits per heavy atom. The molecule has 0 radical (unpaired) electrons. The Morgan fingerprint density at radius 2 is 1.67 bits per heavy atom. The first-order valence-electron chi connectivity index (χ1n) is 21.3. The third-order valence-electron chi connectivity index (χ3n) is 11.1. The molecular formula is C47H55ClN6O8S. The molecule has 5 aromatic rings. The number of rotatable bonds is 20. The average Bonchev–Trinajstić information content (AvgIpc) is 3.80. The number of quaternary nitrogens is 1. The first kappa shape index (κ1) is 45.8. The van der Waals surface area contributed by atoms with Gasteiger partial charge in [-0.2, -0.15) is 4.81 Å². The van der Waals surface area contributed by atoms with Crippen LogP contribution in [0.15, 0.2) is 114 Å². The number of hydrogen-bond acceptors (Lipinski definition) is 12. The molecule has 16 heteroatoms. The molecule has 2 aliphatic heterocycles. The molecule has 7 rings (SSSR count). The molecule has 2 fully saturated rings. The molecule has 0 saturated carbocycles. The Kier molecular flexibility index (Phi) is 15.6. The van der Waals surface area contributed by atoms with Gasteiger partial charge in [-0.05, 0) is 122 Å². The van der Waals surface area contributed by atoms with Gasteiger partial charge < -0.3 is 35.4 Å². The lowest BCUT2D eigenvalue weighted by Crippen LogP contribution is -2.35. The molecule has 1 atom stereocenters. The lowest BCUT2D eigenvalue weighted by atomic mass is 9.99. The Balaban J connectivity index is 1.01. The predicted molar refractivity (Wildman–Crippen MR) is 247 cm³/mol. The van der Waals surface area contributed by atoms with E-state index in [0.717, 1.165) is 68.0 Å². The second kappa shape index (κ2) is 21.4. The molecule has 0 aliphatic carbocycles. The smallest absolute Gasteiger partial charge is 0.268 e. The van der Waals surface area contributed by atoms with Gasteiger partial charge in [-0.15, -0.1) is 0 Å². The zero-order chi connectivity index (χ0) is 44.2. The maximum absolute atomic E-state index is 13.7. The van der Waals surface area contributed by atoms with Crippen molar-refractivity contribution in [2.75, 3.05) is 76.8 Å². The van der Waals surface area contributed by atoms with Crippen LogP contribution in [-0.2, 0) is 21.3 Å². The minimum absolute atomic E-state index is 0.0371. The summed E-state index contributed by atoms with van der Waals surface area (Å²) < 4.78 is 47.2. The molecule has 2 heterocycles. The van der Waals surface area contributed by atoms with Gasteiger partial charge in [0, 0.05) is 68.8 Å². The number of hydrogen-bond donors (Lipinski definition) is 5. The lowest BCUT2D eigenvalue weighted by molar-refractivity contribution is -0.00403. The monoisotopic (exact) mass is 898 g/mol. The highest BCUT2D eigenvalue weighted by Crippen LogP contribution is 2.34. The van der Waals surface area contributed by atoms with Gasteiger partial charge in [0.15, 0.2) is 5.69 Å². The van der Waals surface area contributed by atoms with Crippen LogP contribution in [0.4, 0.5) is 17.1 Å². The Hall–Kier alpha value is -5.23. The van der Waals surface area contributed by atoms with Crippen LogP contribution in [0.1, 0.15) is 41.6 Å². The van der Waals surface area contributed by atoms with Crippen molar-refractivity contribution in [3.8, 4) is 28.4 Å². The van der Waals surface area contributed by atoms with Crippen molar-refractivity contribution in [2.45, 2.75) is 37.1 Å². The van der Waals surface area contributed by atoms with Gasteiger partial charge in [0.2, 0.25) is 0 Å². The van der Waals surface area contributed by atoms with E-state index in [-0.39, 0.29) is 27.6 Å². The van der Waals surface area contributed by atoms with E-state index in [0.29, 0.717) is 68.4 Å². The molecule has 14 nitrogen and oxygen atoms in total. The van der Waals surface area contributed by atoms with Gasteiger partial charge >= 0.3 is 0 Å². The highest BCUT2D eigenvalue weighted by atomic mass is 35.5. The fraction of sp³-hybridized carbons (Fsp3) is 0.340. The van der Waals surface area contributed by atoms with Crippen LogP contribution in [0.25, 0.3) is 11.1 Å². The van der Waals surface area contributed by atoms with Gasteiger partial charge in [-0.3, -0.25) is 9.69 Å². The van der Waals surface area contributed by atoms with E-state index < -0.39 is 20.7 Å². The van der Waals surface area contributed by atoms with Crippen LogP contribution in [0.3, 0.4) is 0 Å². The van der Waals surface area contributed by atoms with E-state index in [9.17, 15) is 23.6 Å². The fourth-order valence-corrected chi connectivity index (χ4v) is 8.78. The quantitative estimate of drug-likeness (QED) is 0.0288. The Labute approximate surface area is 374 Å². The first-order valence-corrected chi connectivity index (χ1v) is 23.2. The first-order chi connectivity index (χ1) is 30.4. The maximum atomic E-state index is 13.7. The molecule has 0 aromatic heterocycles. The number of sulfonamides is 1. The van der Waals surface area contributed by atoms with E-state index in [1.165, 1.54) is 31.0 Å². The SMILES string of the molecule is C[N+]([O-])(O)c1cc(S(=O)(=O)NC(=O)c2ccc(NCCNCc3cc(OCCN4CCCC4)ccc3-c3ccc(Cl)cc3)cc2Oc2ccccc2)ccc1NCC1CCOCC1. The molecule has 1 amide bonds. The van der Waals surface area contributed by atoms with Crippen molar-refractivity contribution in [3.63, 3.8) is 0 Å². The number of nitrogens with zero attached hydrogens (tertiary/aromatic N) is 2. The minimum atomic E-state index is -4.52. The van der Waals surface area contributed by atoms with Crippen molar-refractivity contribution in [1.29, 1.82) is 0 Å². The van der Waals surface area contributed by atoms with Crippen LogP contribution >= 0.6 is 11.6 Å². The number of anilines is 2. The van der Waals surface area contributed by atoms with Gasteiger partial charge in [0.1, 0.15) is 30.9 Å². The molecule has 5 aromatic carbocycles. The topological polar surface area (TPSA) is 174 Å². The molecular weight excluding hydrogens is 844 g/mol. The van der Waals surface area contributed by atoms with Gasteiger partial charge in [0.25, 0.3) is 15.9 Å². The largest absolute Gasteiger partial charge is 0.593 e. The molecule has 5 N–H and O–H groups in total. The summed E-state index contributed by atoms with van der Waals surface area (Å²) in [6.45, 7) is 7.22. The number of para-hydroxylation sites is 1. The van der Waals surface area contributed by atoms with E-state index in [2.05, 4.69) is 37.7 Å². The summed E-state index contributed by atoms with van der Waals surface area (Å²) in [7, 11) is -3.54. The van der Waals surface area contributed by atoms with E-state index >= 15 is 0 Å². The number of hydroxylamine groups is 2. The number of likely N-dealkylation sites (tertiary alicyclic amines) is 1. The molecule has 63 heavy (non-hydrogen) atoms. The normalized spacial score (nSPS) is 15.7. The van der Waals surface area contributed by atoms with E-state index in [1.807, 2.05) is 36.4 Å². The van der Waals surface area contributed by atoms with Gasteiger partial charge in [-0.1, -0.05) is 48.0 Å². The van der Waals surface area contributed by atoms with Gasteiger partial charge in [0.05, 0.1) is 16.1 Å². The summed E-state index contributed by atoms with van der Waals surface area (Å²) in [5.74, 6) is 0.724. The molecule has 0 bridgehead atoms. The van der Waals surface area contributed by atoms with E-state index in [1.54, 1.807) is 36.4 Å².